The first-order valence-corrected chi connectivity index (χ1v) is 14.8. The molecule has 0 heterocycles. The zero-order valence-electron chi connectivity index (χ0n) is 20.4. The standard InChI is InChI=1S/2C14H14IO2.2FH/c2*1-16-13-7-3-11(4-8-13)15-12-5-9-14(17-2)10-6-12;;/h2*3-10H,1-2H3;2*1H/q2*+1;;/p-2. The van der Waals surface area contributed by atoms with E-state index < -0.39 is 0 Å². The second kappa shape index (κ2) is 17.0. The zero-order valence-corrected chi connectivity index (χ0v) is 24.7. The van der Waals surface area contributed by atoms with Crippen LogP contribution in [0.15, 0.2) is 97.1 Å². The summed E-state index contributed by atoms with van der Waals surface area (Å²) in [5.74, 6) is 3.64. The number of rotatable bonds is 8. The molecule has 0 saturated carbocycles. The maximum atomic E-state index is 5.15. The molecule has 0 aromatic heterocycles. The average molecular weight is 720 g/mol. The minimum absolute atomic E-state index is 0. The molecule has 4 rings (SSSR count). The first-order chi connectivity index (χ1) is 16.6. The number of hydrogen-bond donors (Lipinski definition) is 0. The lowest BCUT2D eigenvalue weighted by Crippen LogP contribution is -3.61. The third kappa shape index (κ3) is 10.2. The summed E-state index contributed by atoms with van der Waals surface area (Å²) in [7, 11) is 6.75. The van der Waals surface area contributed by atoms with E-state index in [1.54, 1.807) is 28.4 Å². The molecule has 0 N–H and O–H groups in total. The molecule has 4 aromatic rings. The molecule has 36 heavy (non-hydrogen) atoms. The Balaban J connectivity index is 0.000000341. The van der Waals surface area contributed by atoms with Crippen LogP contribution in [0.4, 0.5) is 0 Å². The van der Waals surface area contributed by atoms with E-state index in [4.69, 9.17) is 18.9 Å². The van der Waals surface area contributed by atoms with E-state index in [-0.39, 0.29) is 51.8 Å². The Labute approximate surface area is 232 Å². The van der Waals surface area contributed by atoms with Gasteiger partial charge in [-0.15, -0.1) is 0 Å². The highest BCUT2D eigenvalue weighted by molar-refractivity contribution is 5.23. The lowest BCUT2D eigenvalue weighted by atomic mass is 10.3. The Kier molecular flexibility index (Phi) is 14.8. The van der Waals surface area contributed by atoms with Crippen LogP contribution in [0.1, 0.15) is 0 Å². The highest BCUT2D eigenvalue weighted by Crippen LogP contribution is 2.09. The molecule has 0 atom stereocenters. The van der Waals surface area contributed by atoms with Crippen molar-refractivity contribution >= 4 is 0 Å². The van der Waals surface area contributed by atoms with Crippen molar-refractivity contribution in [2.75, 3.05) is 28.4 Å². The van der Waals surface area contributed by atoms with Crippen LogP contribution in [-0.4, -0.2) is 28.4 Å². The molecule has 4 aromatic carbocycles. The quantitative estimate of drug-likeness (QED) is 0.170. The smallest absolute Gasteiger partial charge is 0.357 e. The fourth-order valence-electron chi connectivity index (χ4n) is 2.79. The first kappa shape index (κ1) is 31.4. The molecular weight excluding hydrogens is 692 g/mol. The van der Waals surface area contributed by atoms with Gasteiger partial charge in [-0.3, -0.25) is 0 Å². The fourth-order valence-corrected chi connectivity index (χ4v) is 7.10. The third-order valence-corrected chi connectivity index (χ3v) is 10.0. The monoisotopic (exact) mass is 720 g/mol. The third-order valence-electron chi connectivity index (χ3n) is 4.63. The molecule has 0 aliphatic rings. The molecule has 0 aliphatic heterocycles. The van der Waals surface area contributed by atoms with Gasteiger partial charge in [0.15, 0.2) is 14.3 Å². The predicted octanol–water partition coefficient (Wildman–Crippen LogP) is -6.33. The number of ether oxygens (including phenoxy) is 4. The molecule has 4 nitrogen and oxygen atoms in total. The van der Waals surface area contributed by atoms with Gasteiger partial charge in [0.05, 0.1) is 28.4 Å². The Hall–Kier alpha value is -2.60. The van der Waals surface area contributed by atoms with Crippen molar-refractivity contribution in [2.24, 2.45) is 0 Å². The van der Waals surface area contributed by atoms with E-state index in [1.165, 1.54) is 14.3 Å². The molecule has 0 spiro atoms. The van der Waals surface area contributed by atoms with Gasteiger partial charge in [0.1, 0.15) is 23.0 Å². The summed E-state index contributed by atoms with van der Waals surface area (Å²) < 4.78 is 26.1. The fraction of sp³-hybridized carbons (Fsp3) is 0.143. The molecular formula is C28H28F2I2O4. The Bertz CT molecular complexity index is 938. The molecule has 0 fully saturated rings. The highest BCUT2D eigenvalue weighted by atomic mass is 127. The summed E-state index contributed by atoms with van der Waals surface area (Å²) in [5, 5.41) is 0. The van der Waals surface area contributed by atoms with Crippen molar-refractivity contribution < 1.29 is 70.8 Å². The van der Waals surface area contributed by atoms with Crippen molar-refractivity contribution in [3.05, 3.63) is 111 Å². The zero-order chi connectivity index (χ0) is 24.2. The minimum atomic E-state index is -0.119. The summed E-state index contributed by atoms with van der Waals surface area (Å²) in [4.78, 5) is 0. The van der Waals surface area contributed by atoms with Crippen molar-refractivity contribution in [1.82, 2.24) is 0 Å². The summed E-state index contributed by atoms with van der Waals surface area (Å²) in [5.41, 5.74) is 0. The Morgan fingerprint density at radius 2 is 0.500 bits per heavy atom. The first-order valence-electron chi connectivity index (χ1n) is 10.5. The number of methoxy groups -OCH3 is 4. The second-order valence-electron chi connectivity index (χ2n) is 6.82. The Morgan fingerprint density at radius 1 is 0.333 bits per heavy atom. The normalized spacial score (nSPS) is 9.44. The van der Waals surface area contributed by atoms with Crippen LogP contribution in [0.3, 0.4) is 0 Å². The number of benzene rings is 4. The maximum absolute atomic E-state index is 5.15. The molecule has 0 unspecified atom stereocenters. The molecule has 0 bridgehead atoms. The van der Waals surface area contributed by atoms with E-state index in [2.05, 4.69) is 48.5 Å². The summed E-state index contributed by atoms with van der Waals surface area (Å²) in [6, 6.07) is 33.2. The number of halogens is 4. The van der Waals surface area contributed by atoms with Gasteiger partial charge in [-0.05, 0) is 97.1 Å². The van der Waals surface area contributed by atoms with Crippen LogP contribution in [-0.2, 0) is 0 Å². The summed E-state index contributed by atoms with van der Waals surface area (Å²) in [6.45, 7) is 0. The van der Waals surface area contributed by atoms with Crippen LogP contribution < -0.4 is 70.8 Å². The van der Waals surface area contributed by atoms with Crippen LogP contribution in [0, 0.1) is 14.3 Å². The molecule has 0 radical (unpaired) electrons. The Morgan fingerprint density at radius 3 is 0.639 bits per heavy atom. The minimum Gasteiger partial charge on any atom is -1.00 e. The molecule has 8 heteroatoms. The van der Waals surface area contributed by atoms with Gasteiger partial charge in [0.2, 0.25) is 0 Å². The van der Waals surface area contributed by atoms with Gasteiger partial charge >= 0.3 is 42.4 Å². The summed E-state index contributed by atoms with van der Waals surface area (Å²) >= 11 is -0.237. The van der Waals surface area contributed by atoms with Gasteiger partial charge in [-0.25, -0.2) is 0 Å². The van der Waals surface area contributed by atoms with E-state index in [1.807, 2.05) is 48.5 Å². The average Bonchev–Trinajstić information content (AvgIpc) is 2.91. The largest absolute Gasteiger partial charge is 1.00 e. The van der Waals surface area contributed by atoms with Crippen LogP contribution >= 0.6 is 0 Å². The van der Waals surface area contributed by atoms with Crippen molar-refractivity contribution in [2.45, 2.75) is 0 Å². The van der Waals surface area contributed by atoms with Gasteiger partial charge in [-0.2, -0.15) is 0 Å². The predicted molar refractivity (Wildman–Crippen MR) is 127 cm³/mol. The van der Waals surface area contributed by atoms with E-state index in [0.29, 0.717) is 0 Å². The van der Waals surface area contributed by atoms with Crippen LogP contribution in [0.2, 0.25) is 0 Å². The second-order valence-corrected chi connectivity index (χ2v) is 12.9. The van der Waals surface area contributed by atoms with Gasteiger partial charge in [0, 0.05) is 0 Å². The summed E-state index contributed by atoms with van der Waals surface area (Å²) in [6.07, 6.45) is 0. The SMILES string of the molecule is COc1ccc([I+]c2ccc(OC)cc2)cc1.COc1ccc([I+]c2ccc(OC)cc2)cc1.[F-].[F-]. The van der Waals surface area contributed by atoms with Crippen LogP contribution in [0.25, 0.3) is 0 Å². The van der Waals surface area contributed by atoms with E-state index in [0.717, 1.165) is 23.0 Å². The highest BCUT2D eigenvalue weighted by Gasteiger charge is 2.16. The molecule has 0 saturated heterocycles. The topological polar surface area (TPSA) is 36.9 Å². The number of hydrogen-bond acceptors (Lipinski definition) is 4. The van der Waals surface area contributed by atoms with Crippen LogP contribution in [0.5, 0.6) is 23.0 Å². The molecule has 192 valence electrons. The van der Waals surface area contributed by atoms with Crippen molar-refractivity contribution in [1.29, 1.82) is 0 Å². The lowest BCUT2D eigenvalue weighted by Gasteiger charge is -1.97. The van der Waals surface area contributed by atoms with Gasteiger partial charge in [0.25, 0.3) is 0 Å². The van der Waals surface area contributed by atoms with E-state index in [9.17, 15) is 0 Å². The van der Waals surface area contributed by atoms with Gasteiger partial charge in [-0.1, -0.05) is 0 Å². The molecule has 0 amide bonds. The van der Waals surface area contributed by atoms with Crippen molar-refractivity contribution in [3.63, 3.8) is 0 Å². The lowest BCUT2D eigenvalue weighted by molar-refractivity contribution is -0.597. The molecule has 0 aliphatic carbocycles. The van der Waals surface area contributed by atoms with Gasteiger partial charge < -0.3 is 28.4 Å². The van der Waals surface area contributed by atoms with E-state index >= 15 is 0 Å². The van der Waals surface area contributed by atoms with Crippen molar-refractivity contribution in [3.8, 4) is 23.0 Å². The maximum Gasteiger partial charge on any atom is 0.357 e.